The molecular formula is C17H33N3. The van der Waals surface area contributed by atoms with Crippen LogP contribution in [0.2, 0.25) is 0 Å². The van der Waals surface area contributed by atoms with E-state index in [2.05, 4.69) is 22.0 Å². The van der Waals surface area contributed by atoms with Gasteiger partial charge in [0.15, 0.2) is 0 Å². The fourth-order valence-corrected chi connectivity index (χ4v) is 4.10. The van der Waals surface area contributed by atoms with Crippen molar-refractivity contribution in [1.82, 2.24) is 15.1 Å². The van der Waals surface area contributed by atoms with E-state index in [0.29, 0.717) is 0 Å². The van der Waals surface area contributed by atoms with Gasteiger partial charge in [0, 0.05) is 19.1 Å². The van der Waals surface area contributed by atoms with Gasteiger partial charge in [-0.3, -0.25) is 0 Å². The van der Waals surface area contributed by atoms with Crippen LogP contribution in [0.5, 0.6) is 0 Å². The number of piperidine rings is 1. The normalized spacial score (nSPS) is 28.1. The summed E-state index contributed by atoms with van der Waals surface area (Å²) in [6, 6.07) is 0.773. The van der Waals surface area contributed by atoms with Gasteiger partial charge in [-0.25, -0.2) is 0 Å². The Morgan fingerprint density at radius 3 is 2.25 bits per heavy atom. The maximum atomic E-state index is 3.71. The Morgan fingerprint density at radius 1 is 0.950 bits per heavy atom. The Morgan fingerprint density at radius 2 is 1.65 bits per heavy atom. The SMILES string of the molecule is CCNC(CN1CCC(CN2CCCC2)CC1)C1CC1. The molecule has 0 aromatic carbocycles. The van der Waals surface area contributed by atoms with E-state index in [1.165, 1.54) is 77.8 Å². The fourth-order valence-electron chi connectivity index (χ4n) is 4.10. The molecule has 3 rings (SSSR count). The average molecular weight is 279 g/mol. The number of likely N-dealkylation sites (N-methyl/N-ethyl adjacent to an activating group) is 1. The topological polar surface area (TPSA) is 18.5 Å². The fraction of sp³-hybridized carbons (Fsp3) is 1.00. The molecule has 3 aliphatic rings. The lowest BCUT2D eigenvalue weighted by molar-refractivity contribution is 0.140. The predicted molar refractivity (Wildman–Crippen MR) is 85.0 cm³/mol. The molecule has 0 aromatic rings. The van der Waals surface area contributed by atoms with Gasteiger partial charge in [0.25, 0.3) is 0 Å². The second-order valence-electron chi connectivity index (χ2n) is 7.25. The zero-order chi connectivity index (χ0) is 13.8. The largest absolute Gasteiger partial charge is 0.313 e. The third kappa shape index (κ3) is 4.19. The van der Waals surface area contributed by atoms with Crippen LogP contribution >= 0.6 is 0 Å². The molecule has 0 amide bonds. The first-order chi connectivity index (χ1) is 9.85. The first-order valence-corrected chi connectivity index (χ1v) is 9.03. The van der Waals surface area contributed by atoms with Crippen LogP contribution in [0.15, 0.2) is 0 Å². The number of hydrogen-bond donors (Lipinski definition) is 1. The van der Waals surface area contributed by atoms with Crippen molar-refractivity contribution < 1.29 is 0 Å². The lowest BCUT2D eigenvalue weighted by atomic mass is 9.95. The van der Waals surface area contributed by atoms with Gasteiger partial charge < -0.3 is 15.1 Å². The number of nitrogens with zero attached hydrogens (tertiary/aromatic N) is 2. The van der Waals surface area contributed by atoms with Crippen LogP contribution in [0, 0.1) is 11.8 Å². The third-order valence-electron chi connectivity index (χ3n) is 5.53. The monoisotopic (exact) mass is 279 g/mol. The minimum Gasteiger partial charge on any atom is -0.313 e. The number of nitrogens with one attached hydrogen (secondary N) is 1. The van der Waals surface area contributed by atoms with Crippen molar-refractivity contribution in [2.45, 2.75) is 51.5 Å². The lowest BCUT2D eigenvalue weighted by Gasteiger charge is -2.36. The molecule has 1 N–H and O–H groups in total. The van der Waals surface area contributed by atoms with E-state index in [9.17, 15) is 0 Å². The van der Waals surface area contributed by atoms with Crippen molar-refractivity contribution in [2.24, 2.45) is 11.8 Å². The molecule has 0 aromatic heterocycles. The Labute approximate surface area is 125 Å². The molecule has 2 heterocycles. The highest BCUT2D eigenvalue weighted by molar-refractivity contribution is 4.89. The molecule has 1 unspecified atom stereocenters. The minimum absolute atomic E-state index is 0.773. The van der Waals surface area contributed by atoms with Crippen LogP contribution in [0.1, 0.15) is 45.4 Å². The smallest absolute Gasteiger partial charge is 0.0223 e. The van der Waals surface area contributed by atoms with Crippen molar-refractivity contribution in [3.8, 4) is 0 Å². The summed E-state index contributed by atoms with van der Waals surface area (Å²) in [5, 5.41) is 3.71. The molecule has 1 atom stereocenters. The molecule has 3 fully saturated rings. The predicted octanol–water partition coefficient (Wildman–Crippen LogP) is 2.18. The zero-order valence-corrected chi connectivity index (χ0v) is 13.3. The summed E-state index contributed by atoms with van der Waals surface area (Å²) in [4.78, 5) is 5.43. The summed E-state index contributed by atoms with van der Waals surface area (Å²) in [6.07, 6.45) is 8.65. The number of hydrogen-bond acceptors (Lipinski definition) is 3. The van der Waals surface area contributed by atoms with Crippen LogP contribution in [-0.4, -0.2) is 61.7 Å². The molecular weight excluding hydrogens is 246 g/mol. The van der Waals surface area contributed by atoms with Crippen molar-refractivity contribution >= 4 is 0 Å². The molecule has 0 radical (unpaired) electrons. The molecule has 2 saturated heterocycles. The first-order valence-electron chi connectivity index (χ1n) is 9.03. The maximum Gasteiger partial charge on any atom is 0.0223 e. The van der Waals surface area contributed by atoms with E-state index in [0.717, 1.165) is 24.4 Å². The lowest BCUT2D eigenvalue weighted by Crippen LogP contribution is -2.46. The van der Waals surface area contributed by atoms with Crippen molar-refractivity contribution in [3.63, 3.8) is 0 Å². The minimum atomic E-state index is 0.773. The second-order valence-corrected chi connectivity index (χ2v) is 7.25. The summed E-state index contributed by atoms with van der Waals surface area (Å²) in [5.74, 6) is 1.96. The Kier molecular flexibility index (Phi) is 5.36. The standard InChI is InChI=1S/C17H33N3/c1-2-18-17(16-5-6-16)14-20-11-7-15(8-12-20)13-19-9-3-4-10-19/h15-18H,2-14H2,1H3. The summed E-state index contributed by atoms with van der Waals surface area (Å²) < 4.78 is 0. The van der Waals surface area contributed by atoms with E-state index in [4.69, 9.17) is 0 Å². The van der Waals surface area contributed by atoms with Crippen LogP contribution < -0.4 is 5.32 Å². The van der Waals surface area contributed by atoms with E-state index < -0.39 is 0 Å². The molecule has 3 nitrogen and oxygen atoms in total. The van der Waals surface area contributed by atoms with Crippen LogP contribution in [0.25, 0.3) is 0 Å². The quantitative estimate of drug-likeness (QED) is 0.770. The average Bonchev–Trinajstić information content (AvgIpc) is 3.19. The highest BCUT2D eigenvalue weighted by Gasteiger charge is 2.32. The van der Waals surface area contributed by atoms with Gasteiger partial charge in [0.05, 0.1) is 0 Å². The van der Waals surface area contributed by atoms with Crippen LogP contribution in [0.3, 0.4) is 0 Å². The van der Waals surface area contributed by atoms with Gasteiger partial charge in [-0.1, -0.05) is 6.92 Å². The van der Waals surface area contributed by atoms with Crippen molar-refractivity contribution in [2.75, 3.05) is 45.8 Å². The molecule has 1 saturated carbocycles. The van der Waals surface area contributed by atoms with Gasteiger partial charge in [-0.15, -0.1) is 0 Å². The second kappa shape index (κ2) is 7.24. The molecule has 116 valence electrons. The summed E-state index contributed by atoms with van der Waals surface area (Å²) in [7, 11) is 0. The Bertz CT molecular complexity index is 276. The molecule has 3 heteroatoms. The summed E-state index contributed by atoms with van der Waals surface area (Å²) in [6.45, 7) is 11.5. The van der Waals surface area contributed by atoms with Crippen LogP contribution in [0.4, 0.5) is 0 Å². The Balaban J connectivity index is 1.36. The summed E-state index contributed by atoms with van der Waals surface area (Å²) >= 11 is 0. The van der Waals surface area contributed by atoms with Crippen LogP contribution in [-0.2, 0) is 0 Å². The van der Waals surface area contributed by atoms with Crippen molar-refractivity contribution in [1.29, 1.82) is 0 Å². The molecule has 0 bridgehead atoms. The van der Waals surface area contributed by atoms with E-state index >= 15 is 0 Å². The van der Waals surface area contributed by atoms with E-state index in [-0.39, 0.29) is 0 Å². The molecule has 2 aliphatic heterocycles. The number of likely N-dealkylation sites (tertiary alicyclic amines) is 2. The molecule has 0 spiro atoms. The number of rotatable bonds is 7. The Hall–Kier alpha value is -0.120. The van der Waals surface area contributed by atoms with E-state index in [1.807, 2.05) is 0 Å². The molecule has 1 aliphatic carbocycles. The van der Waals surface area contributed by atoms with Gasteiger partial charge >= 0.3 is 0 Å². The zero-order valence-electron chi connectivity index (χ0n) is 13.3. The summed E-state index contributed by atoms with van der Waals surface area (Å²) in [5.41, 5.74) is 0. The van der Waals surface area contributed by atoms with Gasteiger partial charge in [0.2, 0.25) is 0 Å². The van der Waals surface area contributed by atoms with Gasteiger partial charge in [0.1, 0.15) is 0 Å². The van der Waals surface area contributed by atoms with Gasteiger partial charge in [-0.2, -0.15) is 0 Å². The maximum absolute atomic E-state index is 3.71. The third-order valence-corrected chi connectivity index (χ3v) is 5.53. The van der Waals surface area contributed by atoms with Gasteiger partial charge in [-0.05, 0) is 83.1 Å². The first kappa shape index (κ1) is 14.8. The van der Waals surface area contributed by atoms with E-state index in [1.54, 1.807) is 0 Å². The highest BCUT2D eigenvalue weighted by Crippen LogP contribution is 2.33. The van der Waals surface area contributed by atoms with Crippen molar-refractivity contribution in [3.05, 3.63) is 0 Å². The highest BCUT2D eigenvalue weighted by atomic mass is 15.2. The molecule has 20 heavy (non-hydrogen) atoms.